The van der Waals surface area contributed by atoms with Crippen molar-refractivity contribution in [3.8, 4) is 0 Å². The molecule has 0 aliphatic carbocycles. The normalized spacial score (nSPS) is 31.0. The van der Waals surface area contributed by atoms with Gasteiger partial charge < -0.3 is 4.90 Å². The molecule has 0 saturated carbocycles. The summed E-state index contributed by atoms with van der Waals surface area (Å²) >= 11 is 0. The minimum Gasteiger partial charge on any atom is -0.371 e. The van der Waals surface area contributed by atoms with Gasteiger partial charge in [0.2, 0.25) is 0 Å². The Morgan fingerprint density at radius 2 is 2.50 bits per heavy atom. The van der Waals surface area contributed by atoms with Gasteiger partial charge in [-0.2, -0.15) is 0 Å². The molecule has 0 aromatic carbocycles. The smallest absolute Gasteiger partial charge is 0.0529 e. The molecule has 2 rings (SSSR count). The summed E-state index contributed by atoms with van der Waals surface area (Å²) in [6.07, 6.45) is 8.19. The summed E-state index contributed by atoms with van der Waals surface area (Å²) in [6, 6.07) is 0.661. The molecule has 0 aromatic rings. The topological polar surface area (TPSA) is 3.24 Å². The van der Waals surface area contributed by atoms with Crippen molar-refractivity contribution >= 4 is 0 Å². The van der Waals surface area contributed by atoms with Crippen LogP contribution in [0.3, 0.4) is 0 Å². The van der Waals surface area contributed by atoms with E-state index >= 15 is 0 Å². The van der Waals surface area contributed by atoms with Crippen LogP contribution in [0.5, 0.6) is 0 Å². The second-order valence-corrected chi connectivity index (χ2v) is 3.14. The van der Waals surface area contributed by atoms with Crippen LogP contribution >= 0.6 is 0 Å². The molecule has 2 aliphatic rings. The minimum atomic E-state index is 0.661. The second kappa shape index (κ2) is 2.15. The van der Waals surface area contributed by atoms with E-state index in [0.29, 0.717) is 6.04 Å². The largest absolute Gasteiger partial charge is 0.371 e. The first kappa shape index (κ1) is 6.02. The van der Waals surface area contributed by atoms with Crippen LogP contribution in [0, 0.1) is 0 Å². The standard InChI is InChI=1S/C9H13N/c1-8-4-2-6-10-7-3-5-9(8)10/h3,7,9H,1-2,4-6H2. The van der Waals surface area contributed by atoms with Gasteiger partial charge in [0.1, 0.15) is 0 Å². The van der Waals surface area contributed by atoms with Crippen LogP contribution in [0.25, 0.3) is 0 Å². The van der Waals surface area contributed by atoms with Gasteiger partial charge in [-0.1, -0.05) is 18.2 Å². The van der Waals surface area contributed by atoms with Gasteiger partial charge in [-0.15, -0.1) is 0 Å². The van der Waals surface area contributed by atoms with Gasteiger partial charge in [-0.25, -0.2) is 0 Å². The quantitative estimate of drug-likeness (QED) is 0.459. The number of fused-ring (bicyclic) bond motifs is 1. The molecule has 1 nitrogen and oxygen atoms in total. The highest BCUT2D eigenvalue weighted by atomic mass is 15.2. The Morgan fingerprint density at radius 1 is 1.60 bits per heavy atom. The summed E-state index contributed by atoms with van der Waals surface area (Å²) in [6.45, 7) is 5.31. The van der Waals surface area contributed by atoms with Crippen LogP contribution in [0.1, 0.15) is 19.3 Å². The molecule has 0 bridgehead atoms. The summed E-state index contributed by atoms with van der Waals surface area (Å²) in [5.41, 5.74) is 1.43. The van der Waals surface area contributed by atoms with Crippen LogP contribution in [0.2, 0.25) is 0 Å². The predicted octanol–water partition coefficient (Wildman–Crippen LogP) is 1.92. The van der Waals surface area contributed by atoms with E-state index in [9.17, 15) is 0 Å². The molecule has 1 heteroatoms. The highest BCUT2D eigenvalue weighted by Crippen LogP contribution is 2.27. The Morgan fingerprint density at radius 3 is 3.30 bits per heavy atom. The van der Waals surface area contributed by atoms with E-state index in [1.54, 1.807) is 0 Å². The van der Waals surface area contributed by atoms with Gasteiger partial charge in [0, 0.05) is 6.54 Å². The maximum Gasteiger partial charge on any atom is 0.0529 e. The summed E-state index contributed by atoms with van der Waals surface area (Å²) in [5.74, 6) is 0. The van der Waals surface area contributed by atoms with E-state index in [4.69, 9.17) is 0 Å². The number of piperidine rings is 1. The Bertz CT molecular complexity index is 181. The fraction of sp³-hybridized carbons (Fsp3) is 0.556. The Labute approximate surface area is 62.0 Å². The lowest BCUT2D eigenvalue weighted by atomic mass is 9.97. The van der Waals surface area contributed by atoms with E-state index in [2.05, 4.69) is 23.8 Å². The van der Waals surface area contributed by atoms with Gasteiger partial charge in [0.25, 0.3) is 0 Å². The Balaban J connectivity index is 2.14. The molecular weight excluding hydrogens is 122 g/mol. The molecule has 0 N–H and O–H groups in total. The first-order valence-electron chi connectivity index (χ1n) is 3.98. The van der Waals surface area contributed by atoms with E-state index in [-0.39, 0.29) is 0 Å². The lowest BCUT2D eigenvalue weighted by Crippen LogP contribution is -2.33. The SMILES string of the molecule is C=C1CCCN2C=CCC12. The third kappa shape index (κ3) is 0.772. The van der Waals surface area contributed by atoms with Gasteiger partial charge >= 0.3 is 0 Å². The minimum absolute atomic E-state index is 0.661. The van der Waals surface area contributed by atoms with Crippen molar-refractivity contribution in [2.24, 2.45) is 0 Å². The molecule has 0 radical (unpaired) electrons. The molecule has 0 aromatic heterocycles. The van der Waals surface area contributed by atoms with E-state index in [0.717, 1.165) is 0 Å². The summed E-state index contributed by atoms with van der Waals surface area (Å²) in [7, 11) is 0. The van der Waals surface area contributed by atoms with E-state index < -0.39 is 0 Å². The Kier molecular flexibility index (Phi) is 1.30. The molecule has 2 aliphatic heterocycles. The third-order valence-electron chi connectivity index (χ3n) is 2.44. The average Bonchev–Trinajstić information content (AvgIpc) is 2.36. The summed E-state index contributed by atoms with van der Waals surface area (Å²) in [5, 5.41) is 0. The lowest BCUT2D eigenvalue weighted by Gasteiger charge is -2.32. The van der Waals surface area contributed by atoms with Crippen LogP contribution in [-0.2, 0) is 0 Å². The highest BCUT2D eigenvalue weighted by molar-refractivity contribution is 5.17. The first-order chi connectivity index (χ1) is 4.88. The molecule has 2 heterocycles. The van der Waals surface area contributed by atoms with Crippen molar-refractivity contribution in [2.75, 3.05) is 6.54 Å². The molecule has 1 saturated heterocycles. The zero-order valence-corrected chi connectivity index (χ0v) is 6.21. The number of hydrogen-bond acceptors (Lipinski definition) is 1. The Hall–Kier alpha value is -0.720. The number of nitrogens with zero attached hydrogens (tertiary/aromatic N) is 1. The fourth-order valence-corrected chi connectivity index (χ4v) is 1.85. The van der Waals surface area contributed by atoms with Gasteiger partial charge in [0.15, 0.2) is 0 Å². The van der Waals surface area contributed by atoms with Gasteiger partial charge in [0.05, 0.1) is 6.04 Å². The zero-order valence-electron chi connectivity index (χ0n) is 6.21. The van der Waals surface area contributed by atoms with E-state index in [1.807, 2.05) is 0 Å². The molecule has 0 amide bonds. The average molecular weight is 135 g/mol. The summed E-state index contributed by atoms with van der Waals surface area (Å²) in [4.78, 5) is 2.41. The number of rotatable bonds is 0. The maximum absolute atomic E-state index is 4.08. The monoisotopic (exact) mass is 135 g/mol. The molecule has 10 heavy (non-hydrogen) atoms. The first-order valence-corrected chi connectivity index (χ1v) is 3.98. The van der Waals surface area contributed by atoms with Crippen LogP contribution in [0.4, 0.5) is 0 Å². The fourth-order valence-electron chi connectivity index (χ4n) is 1.85. The molecular formula is C9H13N. The van der Waals surface area contributed by atoms with Crippen LogP contribution < -0.4 is 0 Å². The third-order valence-corrected chi connectivity index (χ3v) is 2.44. The van der Waals surface area contributed by atoms with E-state index in [1.165, 1.54) is 31.4 Å². The van der Waals surface area contributed by atoms with Crippen LogP contribution in [0.15, 0.2) is 24.4 Å². The predicted molar refractivity (Wildman–Crippen MR) is 42.6 cm³/mol. The van der Waals surface area contributed by atoms with Crippen molar-refractivity contribution in [1.82, 2.24) is 4.90 Å². The van der Waals surface area contributed by atoms with Crippen molar-refractivity contribution in [3.63, 3.8) is 0 Å². The zero-order chi connectivity index (χ0) is 6.97. The van der Waals surface area contributed by atoms with Crippen molar-refractivity contribution in [1.29, 1.82) is 0 Å². The maximum atomic E-state index is 4.08. The van der Waals surface area contributed by atoms with Gasteiger partial charge in [-0.3, -0.25) is 0 Å². The van der Waals surface area contributed by atoms with Crippen molar-refractivity contribution in [2.45, 2.75) is 25.3 Å². The van der Waals surface area contributed by atoms with Crippen molar-refractivity contribution < 1.29 is 0 Å². The number of hydrogen-bond donors (Lipinski definition) is 0. The molecule has 1 fully saturated rings. The van der Waals surface area contributed by atoms with Gasteiger partial charge in [-0.05, 0) is 25.5 Å². The molecule has 1 atom stereocenters. The van der Waals surface area contributed by atoms with Crippen molar-refractivity contribution in [3.05, 3.63) is 24.4 Å². The molecule has 1 unspecified atom stereocenters. The summed E-state index contributed by atoms with van der Waals surface area (Å²) < 4.78 is 0. The molecule has 54 valence electrons. The van der Waals surface area contributed by atoms with Crippen LogP contribution in [-0.4, -0.2) is 17.5 Å². The molecule has 0 spiro atoms. The second-order valence-electron chi connectivity index (χ2n) is 3.14. The lowest BCUT2D eigenvalue weighted by molar-refractivity contribution is 0.290. The highest BCUT2D eigenvalue weighted by Gasteiger charge is 2.24.